The van der Waals surface area contributed by atoms with Crippen molar-refractivity contribution in [1.82, 2.24) is 0 Å². The van der Waals surface area contributed by atoms with Gasteiger partial charge in [-0.1, -0.05) is 49.4 Å². The molecule has 0 aliphatic carbocycles. The molecule has 0 radical (unpaired) electrons. The van der Waals surface area contributed by atoms with Crippen molar-refractivity contribution >= 4 is 23.1 Å². The van der Waals surface area contributed by atoms with Crippen LogP contribution in [0.2, 0.25) is 0 Å². The van der Waals surface area contributed by atoms with E-state index in [1.165, 1.54) is 30.3 Å². The van der Waals surface area contributed by atoms with Crippen LogP contribution in [0.1, 0.15) is 30.5 Å². The van der Waals surface area contributed by atoms with Gasteiger partial charge in [0.1, 0.15) is 23.1 Å². The Morgan fingerprint density at radius 3 is 2.48 bits per heavy atom. The molecule has 168 valence electrons. The number of halogens is 1. The van der Waals surface area contributed by atoms with Crippen LogP contribution in [0.15, 0.2) is 78.4 Å². The number of aliphatic hydroxyl groups is 1. The molecule has 2 N–H and O–H groups in total. The molecule has 3 aromatic rings. The highest BCUT2D eigenvalue weighted by Crippen LogP contribution is 2.45. The Kier molecular flexibility index (Phi) is 6.13. The van der Waals surface area contributed by atoms with Crippen molar-refractivity contribution in [1.29, 1.82) is 0 Å². The lowest BCUT2D eigenvalue weighted by atomic mass is 9.94. The number of aromatic hydroxyl groups is 1. The summed E-state index contributed by atoms with van der Waals surface area (Å²) in [4.78, 5) is 27.2. The van der Waals surface area contributed by atoms with Gasteiger partial charge in [0.25, 0.3) is 11.7 Å². The average Bonchev–Trinajstić information content (AvgIpc) is 3.08. The van der Waals surface area contributed by atoms with Crippen LogP contribution in [-0.2, 0) is 9.59 Å². The summed E-state index contributed by atoms with van der Waals surface area (Å²) in [6.45, 7) is 2.43. The number of hydrogen-bond donors (Lipinski definition) is 2. The molecule has 7 heteroatoms. The molecule has 6 nitrogen and oxygen atoms in total. The van der Waals surface area contributed by atoms with Gasteiger partial charge in [0, 0.05) is 11.1 Å². The number of carbonyl (C=O) groups is 2. The zero-order valence-corrected chi connectivity index (χ0v) is 17.9. The zero-order chi connectivity index (χ0) is 23.5. The van der Waals surface area contributed by atoms with E-state index in [0.717, 1.165) is 11.3 Å². The van der Waals surface area contributed by atoms with Crippen molar-refractivity contribution < 1.29 is 28.9 Å². The van der Waals surface area contributed by atoms with Crippen LogP contribution < -0.4 is 9.64 Å². The molecule has 0 spiro atoms. The van der Waals surface area contributed by atoms with Gasteiger partial charge in [-0.25, -0.2) is 4.39 Å². The van der Waals surface area contributed by atoms with Crippen molar-refractivity contribution in [2.45, 2.75) is 19.4 Å². The fraction of sp³-hybridized carbons (Fsp3) is 0.154. The molecule has 4 rings (SSSR count). The summed E-state index contributed by atoms with van der Waals surface area (Å²) >= 11 is 0. The molecule has 0 bridgehead atoms. The molecule has 3 aromatic carbocycles. The smallest absolute Gasteiger partial charge is 0.300 e. The topological polar surface area (TPSA) is 87.1 Å². The molecular formula is C26H22FNO5. The van der Waals surface area contributed by atoms with Crippen LogP contribution in [0.25, 0.3) is 5.76 Å². The van der Waals surface area contributed by atoms with Crippen LogP contribution in [0.4, 0.5) is 10.1 Å². The lowest BCUT2D eigenvalue weighted by molar-refractivity contribution is -0.132. The van der Waals surface area contributed by atoms with Gasteiger partial charge in [-0.05, 0) is 36.8 Å². The number of phenolic OH excluding ortho intramolecular Hbond substituents is 1. The molecule has 1 heterocycles. The van der Waals surface area contributed by atoms with Crippen LogP contribution in [0.3, 0.4) is 0 Å². The first-order chi connectivity index (χ1) is 15.9. The predicted molar refractivity (Wildman–Crippen MR) is 122 cm³/mol. The van der Waals surface area contributed by atoms with Crippen LogP contribution in [0, 0.1) is 5.82 Å². The minimum absolute atomic E-state index is 0.0138. The normalized spacial score (nSPS) is 17.4. The van der Waals surface area contributed by atoms with E-state index in [-0.39, 0.29) is 28.1 Å². The van der Waals surface area contributed by atoms with Gasteiger partial charge in [-0.3, -0.25) is 14.5 Å². The predicted octanol–water partition coefficient (Wildman–Crippen LogP) is 4.95. The summed E-state index contributed by atoms with van der Waals surface area (Å²) < 4.78 is 20.5. The summed E-state index contributed by atoms with van der Waals surface area (Å²) in [5, 5.41) is 21.5. The lowest BCUT2D eigenvalue weighted by Crippen LogP contribution is -2.29. The number of amides is 1. The minimum Gasteiger partial charge on any atom is -0.507 e. The number of anilines is 1. The third-order valence-corrected chi connectivity index (χ3v) is 5.37. The Hall–Kier alpha value is -4.13. The Morgan fingerprint density at radius 2 is 1.76 bits per heavy atom. The van der Waals surface area contributed by atoms with Gasteiger partial charge in [-0.15, -0.1) is 0 Å². The Morgan fingerprint density at radius 1 is 1.03 bits per heavy atom. The lowest BCUT2D eigenvalue weighted by Gasteiger charge is -2.26. The Balaban J connectivity index is 1.93. The highest BCUT2D eigenvalue weighted by molar-refractivity contribution is 6.51. The zero-order valence-electron chi connectivity index (χ0n) is 17.9. The summed E-state index contributed by atoms with van der Waals surface area (Å²) in [5.74, 6) is -2.85. The number of carbonyl (C=O) groups excluding carboxylic acids is 2. The number of hydrogen-bond acceptors (Lipinski definition) is 5. The fourth-order valence-corrected chi connectivity index (χ4v) is 3.85. The maximum Gasteiger partial charge on any atom is 0.300 e. The summed E-state index contributed by atoms with van der Waals surface area (Å²) in [6, 6.07) is 16.9. The first-order valence-electron chi connectivity index (χ1n) is 10.5. The average molecular weight is 447 g/mol. The highest BCUT2D eigenvalue weighted by atomic mass is 19.1. The quantitative estimate of drug-likeness (QED) is 0.317. The number of para-hydroxylation sites is 2. The number of Topliss-reactive ketones (excluding diaryl/α,β-unsaturated/α-hetero) is 1. The van der Waals surface area contributed by atoms with E-state index in [4.69, 9.17) is 4.74 Å². The van der Waals surface area contributed by atoms with E-state index in [0.29, 0.717) is 12.4 Å². The van der Waals surface area contributed by atoms with Gasteiger partial charge >= 0.3 is 0 Å². The molecule has 0 saturated carbocycles. The van der Waals surface area contributed by atoms with Crippen LogP contribution in [0.5, 0.6) is 11.5 Å². The maximum atomic E-state index is 14.9. The molecule has 1 saturated heterocycles. The van der Waals surface area contributed by atoms with E-state index in [9.17, 15) is 24.2 Å². The van der Waals surface area contributed by atoms with Gasteiger partial charge in [0.05, 0.1) is 23.9 Å². The minimum atomic E-state index is -1.28. The molecule has 1 unspecified atom stereocenters. The summed E-state index contributed by atoms with van der Waals surface area (Å²) in [6.07, 6.45) is 0.787. The van der Waals surface area contributed by atoms with Gasteiger partial charge in [0.15, 0.2) is 0 Å². The number of phenols is 1. The molecule has 1 atom stereocenters. The fourth-order valence-electron chi connectivity index (χ4n) is 3.85. The van der Waals surface area contributed by atoms with E-state index >= 15 is 0 Å². The Labute approximate surface area is 190 Å². The second-order valence-corrected chi connectivity index (χ2v) is 7.56. The van der Waals surface area contributed by atoms with Gasteiger partial charge in [0.2, 0.25) is 0 Å². The van der Waals surface area contributed by atoms with E-state index in [2.05, 4.69) is 0 Å². The van der Waals surface area contributed by atoms with Gasteiger partial charge < -0.3 is 14.9 Å². The number of benzene rings is 3. The first-order valence-corrected chi connectivity index (χ1v) is 10.5. The van der Waals surface area contributed by atoms with Crippen molar-refractivity contribution in [3.8, 4) is 11.5 Å². The van der Waals surface area contributed by atoms with Crippen LogP contribution in [-0.4, -0.2) is 28.5 Å². The largest absolute Gasteiger partial charge is 0.507 e. The molecule has 1 aliphatic heterocycles. The Bertz CT molecular complexity index is 1250. The first kappa shape index (κ1) is 22.1. The molecule has 33 heavy (non-hydrogen) atoms. The second kappa shape index (κ2) is 9.16. The van der Waals surface area contributed by atoms with Crippen molar-refractivity contribution in [3.05, 3.63) is 95.3 Å². The molecule has 1 aliphatic rings. The van der Waals surface area contributed by atoms with Crippen molar-refractivity contribution in [2.24, 2.45) is 0 Å². The standard InChI is InChI=1S/C26H22FNO5/c1-2-14-33-17-9-7-8-16(15-17)24(30)22-23(18-10-3-4-11-19(18)27)28(26(32)25(22)31)20-12-5-6-13-21(20)29/h3-13,15,23,29-30H,2,14H2,1H3/b24-22+. The highest BCUT2D eigenvalue weighted by Gasteiger charge is 2.48. The number of nitrogens with zero attached hydrogens (tertiary/aromatic N) is 1. The van der Waals surface area contributed by atoms with E-state index < -0.39 is 29.3 Å². The van der Waals surface area contributed by atoms with Gasteiger partial charge in [-0.2, -0.15) is 0 Å². The van der Waals surface area contributed by atoms with E-state index in [1.807, 2.05) is 6.92 Å². The molecule has 0 aromatic heterocycles. The van der Waals surface area contributed by atoms with Crippen molar-refractivity contribution in [2.75, 3.05) is 11.5 Å². The van der Waals surface area contributed by atoms with Crippen molar-refractivity contribution in [3.63, 3.8) is 0 Å². The van der Waals surface area contributed by atoms with Crippen LogP contribution >= 0.6 is 0 Å². The van der Waals surface area contributed by atoms with E-state index in [1.54, 1.807) is 42.5 Å². The SMILES string of the molecule is CCCOc1cccc(/C(O)=C2\C(=O)C(=O)N(c3ccccc3O)C2c2ccccc2F)c1. The summed E-state index contributed by atoms with van der Waals surface area (Å²) in [7, 11) is 0. The maximum absolute atomic E-state index is 14.9. The monoisotopic (exact) mass is 447 g/mol. The number of ketones is 1. The second-order valence-electron chi connectivity index (χ2n) is 7.56. The molecular weight excluding hydrogens is 425 g/mol. The summed E-state index contributed by atoms with van der Waals surface area (Å²) in [5.41, 5.74) is 0.0213. The molecule has 1 fully saturated rings. The third-order valence-electron chi connectivity index (χ3n) is 5.37. The number of rotatable bonds is 6. The number of ether oxygens (including phenoxy) is 1. The number of aliphatic hydroxyl groups excluding tert-OH is 1. The molecule has 1 amide bonds. The third kappa shape index (κ3) is 4.05.